The van der Waals surface area contributed by atoms with E-state index in [1.807, 2.05) is 27.3 Å². The van der Waals surface area contributed by atoms with Gasteiger partial charge in [0.25, 0.3) is 0 Å². The maximum atomic E-state index is 13.1. The Morgan fingerprint density at radius 1 is 1.11 bits per heavy atom. The molecule has 0 amide bonds. The Balaban J connectivity index is 3.08. The van der Waals surface area contributed by atoms with Crippen molar-refractivity contribution in [1.29, 1.82) is 0 Å². The van der Waals surface area contributed by atoms with E-state index in [9.17, 15) is 9.59 Å². The molecule has 0 saturated carbocycles. The molecule has 1 fully saturated rings. The molecule has 8 heteroatoms. The largest absolute Gasteiger partial charge is 0.462 e. The van der Waals surface area contributed by atoms with Gasteiger partial charge in [0.2, 0.25) is 0 Å². The van der Waals surface area contributed by atoms with E-state index in [2.05, 4.69) is 25.7 Å². The lowest BCUT2D eigenvalue weighted by molar-refractivity contribution is -0.156. The zero-order chi connectivity index (χ0) is 20.9. The Kier molecular flexibility index (Phi) is 8.46. The van der Waals surface area contributed by atoms with Crippen LogP contribution in [0.25, 0.3) is 0 Å². The average molecular weight is 404 g/mol. The fraction of sp³-hybridized carbons (Fsp3) is 0.895. The Labute approximate surface area is 164 Å². The fourth-order valence-electron chi connectivity index (χ4n) is 3.41. The first-order valence-electron chi connectivity index (χ1n) is 9.67. The number of carbonyl (C=O) groups is 2. The van der Waals surface area contributed by atoms with E-state index < -0.39 is 32.9 Å². The molecule has 0 aromatic carbocycles. The monoisotopic (exact) mass is 403 g/mol. The zero-order valence-electron chi connectivity index (χ0n) is 18.0. The molecule has 0 spiro atoms. The van der Waals surface area contributed by atoms with Gasteiger partial charge in [0, 0.05) is 13.1 Å². The first kappa shape index (κ1) is 24.1. The number of hydrogen-bond acceptors (Lipinski definition) is 7. The number of nitrogens with zero attached hydrogens (tertiary/aromatic N) is 1. The highest BCUT2D eigenvalue weighted by Gasteiger charge is 2.48. The molecule has 158 valence electrons. The second-order valence-corrected chi connectivity index (χ2v) is 13.1. The van der Waals surface area contributed by atoms with E-state index in [-0.39, 0.29) is 17.4 Å². The van der Waals surface area contributed by atoms with Crippen LogP contribution in [0.2, 0.25) is 12.6 Å². The number of aliphatic hydroxyl groups is 1. The van der Waals surface area contributed by atoms with E-state index in [0.29, 0.717) is 6.04 Å². The number of carbonyl (C=O) groups excluding carboxylic acids is 2. The van der Waals surface area contributed by atoms with Crippen molar-refractivity contribution in [2.75, 3.05) is 19.9 Å². The summed E-state index contributed by atoms with van der Waals surface area (Å²) in [5.74, 6) is -0.536. The molecule has 7 nitrogen and oxygen atoms in total. The Hall–Kier alpha value is -0.963. The van der Waals surface area contributed by atoms with Gasteiger partial charge in [-0.15, -0.1) is 0 Å². The highest BCUT2D eigenvalue weighted by molar-refractivity contribution is 6.99. The number of ether oxygens (including phenoxy) is 2. The first-order chi connectivity index (χ1) is 12.3. The summed E-state index contributed by atoms with van der Waals surface area (Å²) in [6.45, 7) is 14.6. The van der Waals surface area contributed by atoms with E-state index in [1.165, 1.54) is 0 Å². The number of rotatable bonds is 8. The van der Waals surface area contributed by atoms with Crippen LogP contribution < -0.4 is 0 Å². The molecule has 1 rings (SSSR count). The van der Waals surface area contributed by atoms with Crippen molar-refractivity contribution in [2.45, 2.75) is 85.2 Å². The first-order valence-corrected chi connectivity index (χ1v) is 12.3. The van der Waals surface area contributed by atoms with E-state index >= 15 is 0 Å². The third-order valence-corrected chi connectivity index (χ3v) is 7.70. The van der Waals surface area contributed by atoms with Crippen LogP contribution in [0.1, 0.15) is 60.8 Å². The van der Waals surface area contributed by atoms with Crippen molar-refractivity contribution in [3.8, 4) is 0 Å². The van der Waals surface area contributed by atoms with Crippen molar-refractivity contribution >= 4 is 19.9 Å². The molecular formula is C19H37NO6Si. The van der Waals surface area contributed by atoms with E-state index in [1.54, 1.807) is 0 Å². The minimum atomic E-state index is -2.99. The molecule has 0 aliphatic carbocycles. The third kappa shape index (κ3) is 8.72. The predicted octanol–water partition coefficient (Wildman–Crippen LogP) is 3.45. The van der Waals surface area contributed by atoms with Crippen LogP contribution in [0, 0.1) is 5.41 Å². The maximum Gasteiger partial charge on any atom is 0.316 e. The minimum absolute atomic E-state index is 0.0178. The molecule has 0 bridgehead atoms. The molecule has 27 heavy (non-hydrogen) atoms. The number of esters is 1. The summed E-state index contributed by atoms with van der Waals surface area (Å²) in [6.07, 6.45) is 1.49. The van der Waals surface area contributed by atoms with Gasteiger partial charge >= 0.3 is 19.9 Å². The third-order valence-electron chi connectivity index (χ3n) is 4.21. The average Bonchev–Trinajstić information content (AvgIpc) is 2.97. The van der Waals surface area contributed by atoms with Gasteiger partial charge in [-0.05, 0) is 51.6 Å². The second kappa shape index (κ2) is 9.49. The molecule has 1 heterocycles. The summed E-state index contributed by atoms with van der Waals surface area (Å²) in [7, 11) is -2.99. The lowest BCUT2D eigenvalue weighted by Gasteiger charge is -2.38. The van der Waals surface area contributed by atoms with Crippen molar-refractivity contribution < 1.29 is 28.6 Å². The minimum Gasteiger partial charge on any atom is -0.462 e. The predicted molar refractivity (Wildman–Crippen MR) is 106 cm³/mol. The maximum absolute atomic E-state index is 13.1. The lowest BCUT2D eigenvalue weighted by Crippen LogP contribution is -2.54. The Bertz CT molecular complexity index is 507. The van der Waals surface area contributed by atoms with Crippen LogP contribution >= 0.6 is 0 Å². The van der Waals surface area contributed by atoms with Gasteiger partial charge in [-0.25, -0.2) is 0 Å². The standard InChI is InChI=1S/C19H37NO6Si/c1-18(2,3)13-27(7,17(23)25-19(4,5)6)26-15(12-16(22)24-14-21)20-10-8-9-11-20/h15,21H,8-14H2,1-7H3. The zero-order valence-corrected chi connectivity index (χ0v) is 19.0. The van der Waals surface area contributed by atoms with Crippen molar-refractivity contribution in [1.82, 2.24) is 4.90 Å². The highest BCUT2D eigenvalue weighted by Crippen LogP contribution is 2.33. The number of hydrogen-bond donors (Lipinski definition) is 1. The summed E-state index contributed by atoms with van der Waals surface area (Å²) in [5.41, 5.74) is -1.03. The van der Waals surface area contributed by atoms with Gasteiger partial charge in [0.15, 0.2) is 6.79 Å². The van der Waals surface area contributed by atoms with Gasteiger partial charge in [-0.3, -0.25) is 14.5 Å². The number of aliphatic hydroxyl groups excluding tert-OH is 1. The second-order valence-electron chi connectivity index (χ2n) is 9.64. The summed E-state index contributed by atoms with van der Waals surface area (Å²) in [4.78, 5) is 27.1. The molecule has 1 saturated heterocycles. The fourth-order valence-corrected chi connectivity index (χ4v) is 7.11. The van der Waals surface area contributed by atoms with Crippen LogP contribution in [0.3, 0.4) is 0 Å². The quantitative estimate of drug-likeness (QED) is 0.377. The highest BCUT2D eigenvalue weighted by atomic mass is 28.4. The summed E-state index contributed by atoms with van der Waals surface area (Å²) >= 11 is 0. The summed E-state index contributed by atoms with van der Waals surface area (Å²) < 4.78 is 16.8. The van der Waals surface area contributed by atoms with Gasteiger partial charge in [0.1, 0.15) is 11.8 Å². The van der Waals surface area contributed by atoms with Crippen LogP contribution in [0.15, 0.2) is 0 Å². The van der Waals surface area contributed by atoms with Crippen molar-refractivity contribution in [2.24, 2.45) is 5.41 Å². The molecule has 1 N–H and O–H groups in total. The molecule has 0 aromatic rings. The van der Waals surface area contributed by atoms with Gasteiger partial charge in [-0.2, -0.15) is 0 Å². The van der Waals surface area contributed by atoms with Gasteiger partial charge in [0.05, 0.1) is 6.42 Å². The molecule has 2 atom stereocenters. The Morgan fingerprint density at radius 3 is 2.11 bits per heavy atom. The Morgan fingerprint density at radius 2 is 1.67 bits per heavy atom. The lowest BCUT2D eigenvalue weighted by atomic mass is 10.0. The van der Waals surface area contributed by atoms with E-state index in [4.69, 9.17) is 19.0 Å². The summed E-state index contributed by atoms with van der Waals surface area (Å²) in [6, 6.07) is 0.578. The van der Waals surface area contributed by atoms with Crippen LogP contribution in [0.4, 0.5) is 4.79 Å². The van der Waals surface area contributed by atoms with Crippen LogP contribution in [-0.2, 0) is 18.7 Å². The molecular weight excluding hydrogens is 366 g/mol. The smallest absolute Gasteiger partial charge is 0.316 e. The topological polar surface area (TPSA) is 85.3 Å². The molecule has 2 unspecified atom stereocenters. The van der Waals surface area contributed by atoms with Gasteiger partial charge in [-0.1, -0.05) is 20.8 Å². The normalized spacial score (nSPS) is 19.4. The summed E-state index contributed by atoms with van der Waals surface area (Å²) in [5, 5.41) is 8.85. The van der Waals surface area contributed by atoms with Crippen molar-refractivity contribution in [3.05, 3.63) is 0 Å². The van der Waals surface area contributed by atoms with E-state index in [0.717, 1.165) is 25.9 Å². The molecule has 0 radical (unpaired) electrons. The molecule has 0 aromatic heterocycles. The SMILES string of the molecule is CC(C)(C)C[Si](C)(OC(CC(=O)OCO)N1CCCC1)C(=O)OC(C)(C)C. The van der Waals surface area contributed by atoms with Crippen LogP contribution in [-0.4, -0.2) is 61.6 Å². The number of likely N-dealkylation sites (tertiary alicyclic amines) is 1. The molecule has 1 aliphatic heterocycles. The van der Waals surface area contributed by atoms with Gasteiger partial charge < -0.3 is 19.0 Å². The van der Waals surface area contributed by atoms with Crippen molar-refractivity contribution in [3.63, 3.8) is 0 Å². The molecule has 1 aliphatic rings. The van der Waals surface area contributed by atoms with Crippen LogP contribution in [0.5, 0.6) is 0 Å².